The first-order valence-corrected chi connectivity index (χ1v) is 6.89. The van der Waals surface area contributed by atoms with Crippen molar-refractivity contribution >= 4 is 11.8 Å². The van der Waals surface area contributed by atoms with Gasteiger partial charge in [-0.25, -0.2) is 4.98 Å². The molecule has 0 spiro atoms. The van der Waals surface area contributed by atoms with E-state index in [1.165, 1.54) is 12.4 Å². The molecule has 0 saturated carbocycles. The van der Waals surface area contributed by atoms with Crippen molar-refractivity contribution in [1.82, 2.24) is 9.97 Å². The standard InChI is InChI=1S/C17H18N2O3/c1-3-13-16(18-11-19-17(13)21)14(20)9-6-8-12-7-4-5-10-15(12)22-2/h3-5,7,9-11,20H,1,6,8H2,2H3,(H,18,19,21)/b14-9+. The van der Waals surface area contributed by atoms with Crippen LogP contribution in [0.15, 0.2) is 48.0 Å². The predicted octanol–water partition coefficient (Wildman–Crippen LogP) is 2.95. The van der Waals surface area contributed by atoms with Gasteiger partial charge in [0.15, 0.2) is 0 Å². The number of benzene rings is 1. The number of nitrogens with zero attached hydrogens (tertiary/aromatic N) is 1. The molecule has 0 aliphatic carbocycles. The molecule has 1 aromatic carbocycles. The number of rotatable bonds is 6. The van der Waals surface area contributed by atoms with Crippen LogP contribution in [-0.4, -0.2) is 22.2 Å². The minimum absolute atomic E-state index is 0.0316. The molecule has 114 valence electrons. The molecule has 0 unspecified atom stereocenters. The van der Waals surface area contributed by atoms with Gasteiger partial charge in [-0.1, -0.05) is 30.9 Å². The summed E-state index contributed by atoms with van der Waals surface area (Å²) in [7, 11) is 1.63. The van der Waals surface area contributed by atoms with Crippen molar-refractivity contribution in [2.24, 2.45) is 0 Å². The highest BCUT2D eigenvalue weighted by Gasteiger charge is 2.09. The van der Waals surface area contributed by atoms with Crippen LogP contribution in [0, 0.1) is 0 Å². The van der Waals surface area contributed by atoms with Crippen LogP contribution in [0.1, 0.15) is 23.2 Å². The van der Waals surface area contributed by atoms with Gasteiger partial charge in [-0.3, -0.25) is 4.79 Å². The summed E-state index contributed by atoms with van der Waals surface area (Å²) >= 11 is 0. The summed E-state index contributed by atoms with van der Waals surface area (Å²) in [5.41, 5.74) is 1.22. The maximum absolute atomic E-state index is 11.6. The van der Waals surface area contributed by atoms with E-state index in [-0.39, 0.29) is 22.6 Å². The maximum Gasteiger partial charge on any atom is 0.258 e. The molecule has 1 heterocycles. The lowest BCUT2D eigenvalue weighted by atomic mass is 10.1. The van der Waals surface area contributed by atoms with Crippen molar-refractivity contribution in [3.8, 4) is 5.75 Å². The highest BCUT2D eigenvalue weighted by Crippen LogP contribution is 2.20. The predicted molar refractivity (Wildman–Crippen MR) is 86.9 cm³/mol. The van der Waals surface area contributed by atoms with Gasteiger partial charge in [0.2, 0.25) is 0 Å². The van der Waals surface area contributed by atoms with Gasteiger partial charge >= 0.3 is 0 Å². The molecule has 2 rings (SSSR count). The zero-order valence-corrected chi connectivity index (χ0v) is 12.4. The molecule has 1 aromatic heterocycles. The molecule has 5 heteroatoms. The average Bonchev–Trinajstić information content (AvgIpc) is 2.55. The number of aliphatic hydroxyl groups is 1. The van der Waals surface area contributed by atoms with Crippen molar-refractivity contribution in [1.29, 1.82) is 0 Å². The highest BCUT2D eigenvalue weighted by atomic mass is 16.5. The zero-order chi connectivity index (χ0) is 15.9. The third-order valence-electron chi connectivity index (χ3n) is 3.28. The van der Waals surface area contributed by atoms with Crippen LogP contribution in [0.25, 0.3) is 11.8 Å². The second kappa shape index (κ2) is 7.26. The SMILES string of the molecule is C=Cc1c(/C(O)=C\CCc2ccccc2OC)nc[nH]c1=O. The van der Waals surface area contributed by atoms with Crippen LogP contribution in [0.5, 0.6) is 5.75 Å². The van der Waals surface area contributed by atoms with Crippen LogP contribution in [0.3, 0.4) is 0 Å². The van der Waals surface area contributed by atoms with Crippen LogP contribution in [0.4, 0.5) is 0 Å². The van der Waals surface area contributed by atoms with Gasteiger partial charge in [0.1, 0.15) is 17.2 Å². The summed E-state index contributed by atoms with van der Waals surface area (Å²) in [5.74, 6) is 0.785. The number of methoxy groups -OCH3 is 1. The number of nitrogens with one attached hydrogen (secondary N) is 1. The lowest BCUT2D eigenvalue weighted by Crippen LogP contribution is -2.13. The third kappa shape index (κ3) is 3.44. The largest absolute Gasteiger partial charge is 0.506 e. The van der Waals surface area contributed by atoms with Gasteiger partial charge in [0, 0.05) is 0 Å². The normalized spacial score (nSPS) is 11.2. The minimum Gasteiger partial charge on any atom is -0.506 e. The van der Waals surface area contributed by atoms with Crippen LogP contribution >= 0.6 is 0 Å². The van der Waals surface area contributed by atoms with E-state index in [1.807, 2.05) is 24.3 Å². The molecule has 5 nitrogen and oxygen atoms in total. The van der Waals surface area contributed by atoms with E-state index in [9.17, 15) is 9.90 Å². The number of allylic oxidation sites excluding steroid dienone is 1. The van der Waals surface area contributed by atoms with Crippen LogP contribution in [0.2, 0.25) is 0 Å². The summed E-state index contributed by atoms with van der Waals surface area (Å²) in [4.78, 5) is 18.1. The first-order chi connectivity index (χ1) is 10.7. The van der Waals surface area contributed by atoms with Gasteiger partial charge in [0.25, 0.3) is 5.56 Å². The van der Waals surface area contributed by atoms with Crippen molar-refractivity contribution < 1.29 is 9.84 Å². The van der Waals surface area contributed by atoms with E-state index in [4.69, 9.17) is 4.74 Å². The summed E-state index contributed by atoms with van der Waals surface area (Å²) in [5, 5.41) is 10.1. The summed E-state index contributed by atoms with van der Waals surface area (Å²) < 4.78 is 5.29. The van der Waals surface area contributed by atoms with Crippen LogP contribution in [-0.2, 0) is 6.42 Å². The average molecular weight is 298 g/mol. The Morgan fingerprint density at radius 2 is 2.23 bits per heavy atom. The van der Waals surface area contributed by atoms with Crippen LogP contribution < -0.4 is 10.3 Å². The number of hydrogen-bond acceptors (Lipinski definition) is 4. The van der Waals surface area contributed by atoms with E-state index in [2.05, 4.69) is 16.5 Å². The summed E-state index contributed by atoms with van der Waals surface area (Å²) in [6, 6.07) is 7.72. The van der Waals surface area contributed by atoms with Crippen molar-refractivity contribution in [3.63, 3.8) is 0 Å². The molecule has 0 aliphatic rings. The number of aliphatic hydroxyl groups excluding tert-OH is 1. The quantitative estimate of drug-likeness (QED) is 0.804. The maximum atomic E-state index is 11.6. The monoisotopic (exact) mass is 298 g/mol. The molecular formula is C17H18N2O3. The molecule has 0 amide bonds. The molecule has 22 heavy (non-hydrogen) atoms. The van der Waals surface area contributed by atoms with Gasteiger partial charge < -0.3 is 14.8 Å². The molecule has 0 atom stereocenters. The molecule has 0 bridgehead atoms. The number of aromatic amines is 1. The Bertz CT molecular complexity index is 748. The fourth-order valence-corrected chi connectivity index (χ4v) is 2.17. The second-order valence-electron chi connectivity index (χ2n) is 4.64. The smallest absolute Gasteiger partial charge is 0.258 e. The molecule has 2 N–H and O–H groups in total. The topological polar surface area (TPSA) is 75.2 Å². The third-order valence-corrected chi connectivity index (χ3v) is 3.28. The van der Waals surface area contributed by atoms with Crippen molar-refractivity contribution in [2.45, 2.75) is 12.8 Å². The Balaban J connectivity index is 2.16. The number of ether oxygens (including phenoxy) is 1. The zero-order valence-electron chi connectivity index (χ0n) is 12.4. The highest BCUT2D eigenvalue weighted by molar-refractivity contribution is 5.65. The first kappa shape index (κ1) is 15.6. The molecule has 2 aromatic rings. The number of hydrogen-bond donors (Lipinski definition) is 2. The second-order valence-corrected chi connectivity index (χ2v) is 4.64. The fraction of sp³-hybridized carbons (Fsp3) is 0.176. The van der Waals surface area contributed by atoms with Crippen molar-refractivity contribution in [3.05, 3.63) is 70.4 Å². The number of aryl methyl sites for hydroxylation is 1. The Morgan fingerprint density at radius 3 is 2.95 bits per heavy atom. The van der Waals surface area contributed by atoms with E-state index >= 15 is 0 Å². The fourth-order valence-electron chi connectivity index (χ4n) is 2.17. The molecule has 0 saturated heterocycles. The number of H-pyrrole nitrogens is 1. The molecular weight excluding hydrogens is 280 g/mol. The van der Waals surface area contributed by atoms with Gasteiger partial charge in [-0.05, 0) is 30.5 Å². The Labute approximate surface area is 128 Å². The van der Waals surface area contributed by atoms with Gasteiger partial charge in [-0.15, -0.1) is 0 Å². The van der Waals surface area contributed by atoms with E-state index in [1.54, 1.807) is 13.2 Å². The van der Waals surface area contributed by atoms with E-state index in [0.717, 1.165) is 11.3 Å². The minimum atomic E-state index is -0.329. The molecule has 0 radical (unpaired) electrons. The summed E-state index contributed by atoms with van der Waals surface area (Å²) in [6.07, 6.45) is 5.58. The Morgan fingerprint density at radius 1 is 1.45 bits per heavy atom. The first-order valence-electron chi connectivity index (χ1n) is 6.89. The van der Waals surface area contributed by atoms with E-state index < -0.39 is 0 Å². The Hall–Kier alpha value is -2.82. The number of aromatic nitrogens is 2. The molecule has 0 aliphatic heterocycles. The van der Waals surface area contributed by atoms with Gasteiger partial charge in [0.05, 0.1) is 19.0 Å². The van der Waals surface area contributed by atoms with Crippen molar-refractivity contribution in [2.75, 3.05) is 7.11 Å². The van der Waals surface area contributed by atoms with Gasteiger partial charge in [-0.2, -0.15) is 0 Å². The molecule has 0 fully saturated rings. The number of para-hydroxylation sites is 1. The lowest BCUT2D eigenvalue weighted by Gasteiger charge is -2.07. The Kier molecular flexibility index (Phi) is 5.14. The lowest BCUT2D eigenvalue weighted by molar-refractivity contribution is 0.409. The van der Waals surface area contributed by atoms with E-state index in [0.29, 0.717) is 12.8 Å². The summed E-state index contributed by atoms with van der Waals surface area (Å²) in [6.45, 7) is 3.57.